The van der Waals surface area contributed by atoms with Crippen LogP contribution in [-0.4, -0.2) is 27.3 Å². The summed E-state index contributed by atoms with van der Waals surface area (Å²) >= 11 is 0. The van der Waals surface area contributed by atoms with Crippen molar-refractivity contribution < 1.29 is 18.7 Å². The van der Waals surface area contributed by atoms with Crippen molar-refractivity contribution in [1.29, 1.82) is 0 Å². The summed E-state index contributed by atoms with van der Waals surface area (Å²) in [4.78, 5) is 12.8. The number of nitrogens with one attached hydrogen (secondary N) is 1. The molecule has 1 unspecified atom stereocenters. The Morgan fingerprint density at radius 2 is 2.03 bits per heavy atom. The van der Waals surface area contributed by atoms with Gasteiger partial charge >= 0.3 is 0 Å². The molecule has 5 rings (SSSR count). The Labute approximate surface area is 166 Å². The van der Waals surface area contributed by atoms with Gasteiger partial charge in [-0.2, -0.15) is 5.10 Å². The van der Waals surface area contributed by atoms with Crippen LogP contribution < -0.4 is 5.32 Å². The molecular formula is C22H19F2N3O2. The molecule has 148 valence electrons. The molecule has 1 saturated carbocycles. The summed E-state index contributed by atoms with van der Waals surface area (Å²) in [5.41, 5.74) is 2.75. The van der Waals surface area contributed by atoms with Crippen molar-refractivity contribution in [3.8, 4) is 5.69 Å². The number of halogens is 2. The van der Waals surface area contributed by atoms with E-state index in [1.54, 1.807) is 12.1 Å². The maximum atomic E-state index is 14.4. The van der Waals surface area contributed by atoms with Gasteiger partial charge in [-0.3, -0.25) is 4.79 Å². The summed E-state index contributed by atoms with van der Waals surface area (Å²) < 4.78 is 29.1. The van der Waals surface area contributed by atoms with Crippen molar-refractivity contribution in [2.75, 3.05) is 6.54 Å². The number of benzene rings is 2. The molecule has 2 aliphatic rings. The number of aliphatic hydroxyl groups is 1. The van der Waals surface area contributed by atoms with E-state index in [-0.39, 0.29) is 23.8 Å². The van der Waals surface area contributed by atoms with Gasteiger partial charge < -0.3 is 10.4 Å². The first-order valence-electron chi connectivity index (χ1n) is 9.61. The summed E-state index contributed by atoms with van der Waals surface area (Å²) in [5.74, 6) is -1.06. The van der Waals surface area contributed by atoms with Gasteiger partial charge in [-0.1, -0.05) is 30.3 Å². The third-order valence-electron chi connectivity index (χ3n) is 5.76. The average molecular weight is 395 g/mol. The number of aromatic nitrogens is 2. The van der Waals surface area contributed by atoms with Crippen LogP contribution in [0.25, 0.3) is 5.69 Å². The van der Waals surface area contributed by atoms with Crippen LogP contribution >= 0.6 is 0 Å². The van der Waals surface area contributed by atoms with E-state index in [9.17, 15) is 18.7 Å². The largest absolute Gasteiger partial charge is 0.387 e. The van der Waals surface area contributed by atoms with Gasteiger partial charge in [-0.15, -0.1) is 0 Å². The minimum Gasteiger partial charge on any atom is -0.387 e. The fraction of sp³-hybridized carbons (Fsp3) is 0.273. The lowest BCUT2D eigenvalue weighted by molar-refractivity contribution is 0.0910. The predicted molar refractivity (Wildman–Crippen MR) is 102 cm³/mol. The third kappa shape index (κ3) is 3.11. The zero-order valence-corrected chi connectivity index (χ0v) is 15.5. The molecule has 1 heterocycles. The van der Waals surface area contributed by atoms with Crippen molar-refractivity contribution in [2.45, 2.75) is 24.9 Å². The van der Waals surface area contributed by atoms with E-state index in [0.717, 1.165) is 30.2 Å². The maximum Gasteiger partial charge on any atom is 0.272 e. The summed E-state index contributed by atoms with van der Waals surface area (Å²) in [7, 11) is 0. The number of nitrogens with zero attached hydrogens (tertiary/aromatic N) is 2. The molecule has 0 aliphatic heterocycles. The van der Waals surface area contributed by atoms with Gasteiger partial charge in [0.2, 0.25) is 0 Å². The lowest BCUT2D eigenvalue weighted by atomic mass is 10.1. The van der Waals surface area contributed by atoms with Crippen molar-refractivity contribution in [2.24, 2.45) is 5.92 Å². The van der Waals surface area contributed by atoms with E-state index in [1.165, 1.54) is 16.8 Å². The van der Waals surface area contributed by atoms with Gasteiger partial charge in [0.25, 0.3) is 5.91 Å². The zero-order chi connectivity index (χ0) is 20.1. The second kappa shape index (κ2) is 6.77. The van der Waals surface area contributed by atoms with Crippen LogP contribution in [0.4, 0.5) is 8.78 Å². The minimum atomic E-state index is -0.835. The molecule has 2 aliphatic carbocycles. The smallest absolute Gasteiger partial charge is 0.272 e. The Morgan fingerprint density at radius 3 is 2.79 bits per heavy atom. The quantitative estimate of drug-likeness (QED) is 0.697. The fourth-order valence-electron chi connectivity index (χ4n) is 4.20. The number of fused-ring (bicyclic) bond motifs is 3. The van der Waals surface area contributed by atoms with Crippen molar-refractivity contribution in [3.05, 3.63) is 82.7 Å². The molecule has 3 atom stereocenters. The average Bonchev–Trinajstić information content (AvgIpc) is 3.23. The third-order valence-corrected chi connectivity index (χ3v) is 5.76. The highest BCUT2D eigenvalue weighted by molar-refractivity contribution is 5.94. The van der Waals surface area contributed by atoms with E-state index in [0.29, 0.717) is 11.5 Å². The number of carbonyl (C=O) groups excluding carboxylic acids is 1. The lowest BCUT2D eigenvalue weighted by Crippen LogP contribution is -2.29. The second-order valence-electron chi connectivity index (χ2n) is 7.66. The van der Waals surface area contributed by atoms with Crippen molar-refractivity contribution in [1.82, 2.24) is 15.1 Å². The van der Waals surface area contributed by atoms with Gasteiger partial charge in [-0.05, 0) is 36.5 Å². The summed E-state index contributed by atoms with van der Waals surface area (Å²) in [5, 5.41) is 17.4. The first-order valence-corrected chi connectivity index (χ1v) is 9.61. The molecule has 0 saturated heterocycles. The standard InChI is InChI=1S/C22H19F2N3O2/c23-14-6-7-18(17(24)10-14)27-21-15-8-13(15)9-16(21)20(26-27)22(29)25-11-19(28)12-4-2-1-3-5-12/h1-7,10,13,15,19,28H,8-9,11H2,(H,25,29)/t13-,15-,19?/m1/s1. The molecular weight excluding hydrogens is 376 g/mol. The second-order valence-corrected chi connectivity index (χ2v) is 7.66. The Balaban J connectivity index is 1.42. The molecule has 0 spiro atoms. The van der Waals surface area contributed by atoms with Gasteiger partial charge in [0.15, 0.2) is 11.5 Å². The van der Waals surface area contributed by atoms with E-state index >= 15 is 0 Å². The van der Waals surface area contributed by atoms with Crippen LogP contribution in [0.2, 0.25) is 0 Å². The molecule has 1 aromatic heterocycles. The van der Waals surface area contributed by atoms with Gasteiger partial charge in [-0.25, -0.2) is 13.5 Å². The molecule has 0 radical (unpaired) electrons. The minimum absolute atomic E-state index is 0.0439. The van der Waals surface area contributed by atoms with Crippen LogP contribution in [0.15, 0.2) is 48.5 Å². The number of carbonyl (C=O) groups is 1. The molecule has 7 heteroatoms. The van der Waals surface area contributed by atoms with Crippen molar-refractivity contribution >= 4 is 5.91 Å². The zero-order valence-electron chi connectivity index (χ0n) is 15.5. The highest BCUT2D eigenvalue weighted by Gasteiger charge is 2.50. The molecule has 5 nitrogen and oxygen atoms in total. The Morgan fingerprint density at radius 1 is 1.24 bits per heavy atom. The van der Waals surface area contributed by atoms with Crippen molar-refractivity contribution in [3.63, 3.8) is 0 Å². The van der Waals surface area contributed by atoms with E-state index in [2.05, 4.69) is 10.4 Å². The lowest BCUT2D eigenvalue weighted by Gasteiger charge is -2.12. The highest BCUT2D eigenvalue weighted by atomic mass is 19.1. The summed E-state index contributed by atoms with van der Waals surface area (Å²) in [6.45, 7) is 0.0439. The maximum absolute atomic E-state index is 14.4. The molecule has 1 amide bonds. The van der Waals surface area contributed by atoms with Crippen LogP contribution in [0, 0.1) is 17.6 Å². The number of aliphatic hydroxyl groups excluding tert-OH is 1. The Kier molecular flexibility index (Phi) is 4.20. The van der Waals surface area contributed by atoms with Gasteiger partial charge in [0, 0.05) is 24.1 Å². The molecule has 0 bridgehead atoms. The molecule has 1 fully saturated rings. The number of rotatable bonds is 5. The summed E-state index contributed by atoms with van der Waals surface area (Å²) in [6.07, 6.45) is 0.889. The number of hydrogen-bond donors (Lipinski definition) is 2. The van der Waals surface area contributed by atoms with Gasteiger partial charge in [0.1, 0.15) is 11.5 Å². The predicted octanol–water partition coefficient (Wildman–Crippen LogP) is 3.27. The number of hydrogen-bond acceptors (Lipinski definition) is 3. The highest BCUT2D eigenvalue weighted by Crippen LogP contribution is 2.57. The van der Waals surface area contributed by atoms with E-state index in [4.69, 9.17) is 0 Å². The topological polar surface area (TPSA) is 67.2 Å². The SMILES string of the molecule is O=C(NCC(O)c1ccccc1)c1nn(-c2ccc(F)cc2F)c2c1C[C@H]1C[C@@H]21. The first-order chi connectivity index (χ1) is 14.0. The molecule has 29 heavy (non-hydrogen) atoms. The monoisotopic (exact) mass is 395 g/mol. The summed E-state index contributed by atoms with van der Waals surface area (Å²) in [6, 6.07) is 12.4. The Bertz CT molecular complexity index is 1100. The van der Waals surface area contributed by atoms with Crippen LogP contribution in [0.3, 0.4) is 0 Å². The van der Waals surface area contributed by atoms with E-state index < -0.39 is 23.6 Å². The Hall–Kier alpha value is -3.06. The normalized spacial score (nSPS) is 20.1. The van der Waals surface area contributed by atoms with Crippen LogP contribution in [0.1, 0.15) is 45.8 Å². The molecule has 2 aromatic carbocycles. The van der Waals surface area contributed by atoms with Crippen LogP contribution in [0.5, 0.6) is 0 Å². The van der Waals surface area contributed by atoms with Gasteiger partial charge in [0.05, 0.1) is 11.8 Å². The fourth-order valence-corrected chi connectivity index (χ4v) is 4.20. The molecule has 2 N–H and O–H groups in total. The van der Waals surface area contributed by atoms with Crippen LogP contribution in [-0.2, 0) is 6.42 Å². The number of amides is 1. The molecule has 3 aromatic rings. The van der Waals surface area contributed by atoms with E-state index in [1.807, 2.05) is 18.2 Å². The first kappa shape index (κ1) is 18.0.